The van der Waals surface area contributed by atoms with Crippen LogP contribution in [0.5, 0.6) is 11.5 Å². The molecule has 6 nitrogen and oxygen atoms in total. The van der Waals surface area contributed by atoms with E-state index in [-0.39, 0.29) is 17.3 Å². The quantitative estimate of drug-likeness (QED) is 0.678. The van der Waals surface area contributed by atoms with Gasteiger partial charge in [-0.1, -0.05) is 12.1 Å². The molecule has 1 aromatic heterocycles. The second-order valence-electron chi connectivity index (χ2n) is 4.79. The predicted octanol–water partition coefficient (Wildman–Crippen LogP) is 1.31. The summed E-state index contributed by atoms with van der Waals surface area (Å²) in [5.41, 5.74) is 7.35. The standard InChI is InChI=1S/C15H17N3O3/c1-9-2-7-13(20)14(17-9)18-15(21)12(16)8-10-3-5-11(19)6-4-10/h2-7,12,19-20H,8,16H2,1H3,(H,17,18,21)/t12-/m0/s1. The Kier molecular flexibility index (Phi) is 4.39. The third-order valence-corrected chi connectivity index (χ3v) is 2.98. The van der Waals surface area contributed by atoms with Gasteiger partial charge in [0.05, 0.1) is 6.04 Å². The average Bonchev–Trinajstić information content (AvgIpc) is 2.45. The van der Waals surface area contributed by atoms with Crippen LogP contribution in [0, 0.1) is 6.92 Å². The molecule has 0 aliphatic rings. The maximum absolute atomic E-state index is 12.0. The SMILES string of the molecule is Cc1ccc(O)c(NC(=O)[C@@H](N)Cc2ccc(O)cc2)n1. The molecule has 21 heavy (non-hydrogen) atoms. The second kappa shape index (κ2) is 6.23. The lowest BCUT2D eigenvalue weighted by Crippen LogP contribution is -2.37. The minimum Gasteiger partial charge on any atom is -0.508 e. The van der Waals surface area contributed by atoms with E-state index in [1.807, 2.05) is 0 Å². The number of aromatic nitrogens is 1. The number of phenolic OH excluding ortho intramolecular Hbond substituents is 1. The van der Waals surface area contributed by atoms with Gasteiger partial charge in [-0.05, 0) is 43.2 Å². The number of nitrogens with zero attached hydrogens (tertiary/aromatic N) is 1. The number of anilines is 1. The van der Waals surface area contributed by atoms with Crippen molar-refractivity contribution in [3.63, 3.8) is 0 Å². The molecule has 2 rings (SSSR count). The van der Waals surface area contributed by atoms with E-state index in [1.54, 1.807) is 25.1 Å². The number of carbonyl (C=O) groups excluding carboxylic acids is 1. The molecule has 0 saturated carbocycles. The number of amides is 1. The molecule has 5 N–H and O–H groups in total. The van der Waals surface area contributed by atoms with E-state index >= 15 is 0 Å². The van der Waals surface area contributed by atoms with Crippen molar-refractivity contribution in [3.8, 4) is 11.5 Å². The lowest BCUT2D eigenvalue weighted by atomic mass is 10.1. The Bertz CT molecular complexity index is 641. The molecule has 2 aromatic rings. The van der Waals surface area contributed by atoms with Gasteiger partial charge in [-0.15, -0.1) is 0 Å². The van der Waals surface area contributed by atoms with Crippen molar-refractivity contribution in [2.75, 3.05) is 5.32 Å². The number of phenols is 1. The number of nitrogens with two attached hydrogens (primary N) is 1. The van der Waals surface area contributed by atoms with E-state index < -0.39 is 11.9 Å². The van der Waals surface area contributed by atoms with Crippen molar-refractivity contribution in [1.82, 2.24) is 4.98 Å². The normalized spacial score (nSPS) is 11.9. The van der Waals surface area contributed by atoms with Crippen molar-refractivity contribution >= 4 is 11.7 Å². The van der Waals surface area contributed by atoms with Crippen molar-refractivity contribution < 1.29 is 15.0 Å². The lowest BCUT2D eigenvalue weighted by molar-refractivity contribution is -0.117. The molecule has 0 aliphatic carbocycles. The van der Waals surface area contributed by atoms with E-state index in [2.05, 4.69) is 10.3 Å². The summed E-state index contributed by atoms with van der Waals surface area (Å²) in [7, 11) is 0. The van der Waals surface area contributed by atoms with Crippen LogP contribution >= 0.6 is 0 Å². The van der Waals surface area contributed by atoms with E-state index in [0.29, 0.717) is 12.1 Å². The first kappa shape index (κ1) is 14.8. The third-order valence-electron chi connectivity index (χ3n) is 2.98. The zero-order chi connectivity index (χ0) is 15.4. The van der Waals surface area contributed by atoms with Gasteiger partial charge in [0.2, 0.25) is 5.91 Å². The highest BCUT2D eigenvalue weighted by Crippen LogP contribution is 2.20. The van der Waals surface area contributed by atoms with Crippen LogP contribution in [-0.2, 0) is 11.2 Å². The Balaban J connectivity index is 2.02. The molecule has 1 atom stereocenters. The summed E-state index contributed by atoms with van der Waals surface area (Å²) in [6.45, 7) is 1.76. The van der Waals surface area contributed by atoms with Crippen LogP contribution in [0.25, 0.3) is 0 Å². The molecule has 0 fully saturated rings. The second-order valence-corrected chi connectivity index (χ2v) is 4.79. The Morgan fingerprint density at radius 1 is 1.24 bits per heavy atom. The Morgan fingerprint density at radius 2 is 1.90 bits per heavy atom. The number of nitrogens with one attached hydrogen (secondary N) is 1. The number of hydrogen-bond acceptors (Lipinski definition) is 5. The van der Waals surface area contributed by atoms with Crippen molar-refractivity contribution in [3.05, 3.63) is 47.7 Å². The van der Waals surface area contributed by atoms with Crippen LogP contribution in [-0.4, -0.2) is 27.1 Å². The van der Waals surface area contributed by atoms with Crippen LogP contribution < -0.4 is 11.1 Å². The summed E-state index contributed by atoms with van der Waals surface area (Å²) in [5, 5.41) is 21.4. The highest BCUT2D eigenvalue weighted by Gasteiger charge is 2.16. The predicted molar refractivity (Wildman–Crippen MR) is 79.1 cm³/mol. The van der Waals surface area contributed by atoms with E-state index in [1.165, 1.54) is 18.2 Å². The Hall–Kier alpha value is -2.60. The first-order chi connectivity index (χ1) is 9.95. The van der Waals surface area contributed by atoms with Crippen LogP contribution in [0.15, 0.2) is 36.4 Å². The number of benzene rings is 1. The summed E-state index contributed by atoms with van der Waals surface area (Å²) < 4.78 is 0. The van der Waals surface area contributed by atoms with Gasteiger partial charge in [0.25, 0.3) is 0 Å². The zero-order valence-corrected chi connectivity index (χ0v) is 11.6. The molecule has 0 aliphatic heterocycles. The molecule has 6 heteroatoms. The van der Waals surface area contributed by atoms with Gasteiger partial charge in [0.15, 0.2) is 11.6 Å². The van der Waals surface area contributed by atoms with Crippen LogP contribution in [0.1, 0.15) is 11.3 Å². The highest BCUT2D eigenvalue weighted by molar-refractivity contribution is 5.95. The monoisotopic (exact) mass is 287 g/mol. The molecular formula is C15H17N3O3. The molecule has 1 heterocycles. The van der Waals surface area contributed by atoms with Gasteiger partial charge in [-0.25, -0.2) is 4.98 Å². The third kappa shape index (κ3) is 3.93. The summed E-state index contributed by atoms with van der Waals surface area (Å²) >= 11 is 0. The number of hydrogen-bond donors (Lipinski definition) is 4. The maximum Gasteiger partial charge on any atom is 0.242 e. The highest BCUT2D eigenvalue weighted by atomic mass is 16.3. The van der Waals surface area contributed by atoms with Crippen LogP contribution in [0.3, 0.4) is 0 Å². The lowest BCUT2D eigenvalue weighted by Gasteiger charge is -2.13. The maximum atomic E-state index is 12.0. The largest absolute Gasteiger partial charge is 0.508 e. The number of aromatic hydroxyl groups is 2. The molecule has 0 spiro atoms. The number of aryl methyl sites for hydroxylation is 1. The zero-order valence-electron chi connectivity index (χ0n) is 11.6. The van der Waals surface area contributed by atoms with E-state index in [0.717, 1.165) is 5.56 Å². The van der Waals surface area contributed by atoms with Gasteiger partial charge >= 0.3 is 0 Å². The Labute approximate surface area is 122 Å². The molecule has 0 saturated heterocycles. The summed E-state index contributed by atoms with van der Waals surface area (Å²) in [6.07, 6.45) is 0.318. The summed E-state index contributed by atoms with van der Waals surface area (Å²) in [4.78, 5) is 16.1. The van der Waals surface area contributed by atoms with Crippen molar-refractivity contribution in [2.45, 2.75) is 19.4 Å². The first-order valence-electron chi connectivity index (χ1n) is 6.46. The van der Waals surface area contributed by atoms with Gasteiger partial charge in [0.1, 0.15) is 5.75 Å². The number of pyridine rings is 1. The van der Waals surface area contributed by atoms with Crippen LogP contribution in [0.2, 0.25) is 0 Å². The van der Waals surface area contributed by atoms with Gasteiger partial charge < -0.3 is 21.3 Å². The molecule has 0 bridgehead atoms. The van der Waals surface area contributed by atoms with Crippen LogP contribution in [0.4, 0.5) is 5.82 Å². The first-order valence-corrected chi connectivity index (χ1v) is 6.46. The smallest absolute Gasteiger partial charge is 0.242 e. The molecule has 110 valence electrons. The summed E-state index contributed by atoms with van der Waals surface area (Å²) in [6, 6.07) is 8.79. The fraction of sp³-hybridized carbons (Fsp3) is 0.200. The van der Waals surface area contributed by atoms with E-state index in [4.69, 9.17) is 5.73 Å². The number of carbonyl (C=O) groups is 1. The van der Waals surface area contributed by atoms with Crippen molar-refractivity contribution in [1.29, 1.82) is 0 Å². The fourth-order valence-electron chi connectivity index (χ4n) is 1.83. The average molecular weight is 287 g/mol. The van der Waals surface area contributed by atoms with Crippen molar-refractivity contribution in [2.24, 2.45) is 5.73 Å². The molecule has 1 amide bonds. The molecule has 0 radical (unpaired) electrons. The fourth-order valence-corrected chi connectivity index (χ4v) is 1.83. The molecular weight excluding hydrogens is 270 g/mol. The Morgan fingerprint density at radius 3 is 2.57 bits per heavy atom. The minimum atomic E-state index is -0.781. The van der Waals surface area contributed by atoms with Gasteiger partial charge in [-0.2, -0.15) is 0 Å². The van der Waals surface area contributed by atoms with Gasteiger partial charge in [-0.3, -0.25) is 4.79 Å². The molecule has 1 aromatic carbocycles. The van der Waals surface area contributed by atoms with Gasteiger partial charge in [0, 0.05) is 5.69 Å². The minimum absolute atomic E-state index is 0.0983. The van der Waals surface area contributed by atoms with E-state index in [9.17, 15) is 15.0 Å². The molecule has 0 unspecified atom stereocenters. The number of rotatable bonds is 4. The summed E-state index contributed by atoms with van der Waals surface area (Å²) in [5.74, 6) is -0.283. The topological polar surface area (TPSA) is 108 Å².